The molecule has 3 aromatic rings. The first-order valence-electron chi connectivity index (χ1n) is 9.55. The van der Waals surface area contributed by atoms with Gasteiger partial charge in [0.1, 0.15) is 9.96 Å². The number of benzene rings is 2. The van der Waals surface area contributed by atoms with Crippen molar-refractivity contribution in [3.05, 3.63) is 76.2 Å². The second kappa shape index (κ2) is 8.12. The van der Waals surface area contributed by atoms with Crippen LogP contribution in [0.3, 0.4) is 0 Å². The first-order chi connectivity index (χ1) is 14.3. The summed E-state index contributed by atoms with van der Waals surface area (Å²) in [6, 6.07) is 13.7. The molecule has 1 aromatic heterocycles. The molecule has 4 rings (SSSR count). The van der Waals surface area contributed by atoms with E-state index in [4.69, 9.17) is 4.74 Å². The van der Waals surface area contributed by atoms with Crippen LogP contribution in [0, 0.1) is 13.8 Å². The van der Waals surface area contributed by atoms with Crippen LogP contribution in [0.1, 0.15) is 39.5 Å². The molecule has 156 valence electrons. The summed E-state index contributed by atoms with van der Waals surface area (Å²) in [4.78, 5) is 12.9. The molecule has 1 aliphatic heterocycles. The van der Waals surface area contributed by atoms with Gasteiger partial charge in [0.2, 0.25) is 0 Å². The Morgan fingerprint density at radius 3 is 2.73 bits per heavy atom. The molecule has 2 aromatic carbocycles. The van der Waals surface area contributed by atoms with Crippen LogP contribution in [0.5, 0.6) is 5.75 Å². The summed E-state index contributed by atoms with van der Waals surface area (Å²) in [7, 11) is -3.67. The fraction of sp³-hybridized carbons (Fsp3) is 0.227. The van der Waals surface area contributed by atoms with E-state index in [0.717, 1.165) is 33.8 Å². The Kier molecular flexibility index (Phi) is 5.53. The van der Waals surface area contributed by atoms with Gasteiger partial charge in [-0.1, -0.05) is 29.8 Å². The second-order valence-corrected chi connectivity index (χ2v) is 10.1. The number of hydrogen-bond acceptors (Lipinski definition) is 5. The minimum atomic E-state index is -3.67. The van der Waals surface area contributed by atoms with Crippen molar-refractivity contribution >= 4 is 33.0 Å². The minimum Gasteiger partial charge on any atom is -0.493 e. The number of fused-ring (bicyclic) bond motifs is 1. The molecule has 8 heteroatoms. The van der Waals surface area contributed by atoms with Crippen LogP contribution in [0.2, 0.25) is 0 Å². The Morgan fingerprint density at radius 1 is 1.13 bits per heavy atom. The monoisotopic (exact) mass is 442 g/mol. The van der Waals surface area contributed by atoms with Gasteiger partial charge in [-0.3, -0.25) is 9.52 Å². The summed E-state index contributed by atoms with van der Waals surface area (Å²) in [5, 5.41) is 4.77. The third kappa shape index (κ3) is 4.20. The first-order valence-corrected chi connectivity index (χ1v) is 11.9. The van der Waals surface area contributed by atoms with Gasteiger partial charge in [-0.15, -0.1) is 11.3 Å². The van der Waals surface area contributed by atoms with E-state index < -0.39 is 10.0 Å². The van der Waals surface area contributed by atoms with Gasteiger partial charge in [0.25, 0.3) is 15.9 Å². The van der Waals surface area contributed by atoms with E-state index in [9.17, 15) is 13.2 Å². The maximum Gasteiger partial charge on any atom is 0.271 e. The molecule has 0 fully saturated rings. The highest BCUT2D eigenvalue weighted by Gasteiger charge is 2.25. The molecule has 1 aliphatic rings. The molecule has 0 radical (unpaired) electrons. The number of anilines is 1. The summed E-state index contributed by atoms with van der Waals surface area (Å²) in [6.07, 6.45) is 0.673. The van der Waals surface area contributed by atoms with E-state index in [0.29, 0.717) is 24.3 Å². The van der Waals surface area contributed by atoms with Crippen molar-refractivity contribution in [3.63, 3.8) is 0 Å². The van der Waals surface area contributed by atoms with Crippen LogP contribution in [0.4, 0.5) is 5.69 Å². The van der Waals surface area contributed by atoms with E-state index in [1.54, 1.807) is 35.7 Å². The lowest BCUT2D eigenvalue weighted by Crippen LogP contribution is -2.32. The standard InChI is InChI=1S/C22H22N2O4S2/c1-14-11-15(2)21-18(12-14)19(8-9-28-21)23-22(25)16-5-3-6-17(13-16)24-30(26,27)20-7-4-10-29-20/h3-7,10-13,19,24H,8-9H2,1-2H3,(H,23,25). The molecule has 2 N–H and O–H groups in total. The van der Waals surface area contributed by atoms with E-state index in [2.05, 4.69) is 16.1 Å². The van der Waals surface area contributed by atoms with Gasteiger partial charge in [-0.05, 0) is 49.1 Å². The maximum absolute atomic E-state index is 12.9. The largest absolute Gasteiger partial charge is 0.493 e. The fourth-order valence-electron chi connectivity index (χ4n) is 3.61. The molecule has 0 saturated carbocycles. The van der Waals surface area contributed by atoms with E-state index in [1.165, 1.54) is 6.07 Å². The molecule has 1 unspecified atom stereocenters. The number of amides is 1. The van der Waals surface area contributed by atoms with Crippen LogP contribution in [0.25, 0.3) is 0 Å². The SMILES string of the molecule is Cc1cc(C)c2c(c1)C(NC(=O)c1cccc(NS(=O)(=O)c3cccs3)c1)CCO2. The topological polar surface area (TPSA) is 84.5 Å². The van der Waals surface area contributed by atoms with Gasteiger partial charge in [-0.2, -0.15) is 0 Å². The zero-order valence-corrected chi connectivity index (χ0v) is 18.3. The van der Waals surface area contributed by atoms with Crippen molar-refractivity contribution < 1.29 is 17.9 Å². The zero-order chi connectivity index (χ0) is 21.3. The zero-order valence-electron chi connectivity index (χ0n) is 16.6. The van der Waals surface area contributed by atoms with Crippen LogP contribution >= 0.6 is 11.3 Å². The Hall–Kier alpha value is -2.84. The third-order valence-electron chi connectivity index (χ3n) is 4.92. The summed E-state index contributed by atoms with van der Waals surface area (Å²) in [5.41, 5.74) is 3.87. The number of carbonyl (C=O) groups excluding carboxylic acids is 1. The van der Waals surface area contributed by atoms with Gasteiger partial charge >= 0.3 is 0 Å². The molecule has 0 aliphatic carbocycles. The predicted octanol–water partition coefficient (Wildman–Crippen LogP) is 4.42. The smallest absolute Gasteiger partial charge is 0.271 e. The summed E-state index contributed by atoms with van der Waals surface area (Å²) in [5.74, 6) is 0.568. The molecule has 6 nitrogen and oxygen atoms in total. The summed E-state index contributed by atoms with van der Waals surface area (Å²) < 4.78 is 33.5. The molecule has 30 heavy (non-hydrogen) atoms. The molecule has 1 amide bonds. The summed E-state index contributed by atoms with van der Waals surface area (Å²) in [6.45, 7) is 4.55. The quantitative estimate of drug-likeness (QED) is 0.613. The molecule has 2 heterocycles. The highest BCUT2D eigenvalue weighted by molar-refractivity contribution is 7.94. The number of rotatable bonds is 5. The number of sulfonamides is 1. The van der Waals surface area contributed by atoms with Crippen LogP contribution in [0.15, 0.2) is 58.1 Å². The Bertz CT molecular complexity index is 1190. The molecule has 0 saturated heterocycles. The van der Waals surface area contributed by atoms with Gasteiger partial charge in [0.15, 0.2) is 0 Å². The highest BCUT2D eigenvalue weighted by atomic mass is 32.2. The van der Waals surface area contributed by atoms with Crippen LogP contribution in [-0.2, 0) is 10.0 Å². The van der Waals surface area contributed by atoms with E-state index >= 15 is 0 Å². The molecule has 1 atom stereocenters. The predicted molar refractivity (Wildman–Crippen MR) is 118 cm³/mol. The first kappa shape index (κ1) is 20.4. The van der Waals surface area contributed by atoms with Crippen molar-refractivity contribution in [2.24, 2.45) is 0 Å². The van der Waals surface area contributed by atoms with Gasteiger partial charge in [-0.25, -0.2) is 8.42 Å². The van der Waals surface area contributed by atoms with Crippen LogP contribution < -0.4 is 14.8 Å². The lowest BCUT2D eigenvalue weighted by atomic mass is 9.95. The maximum atomic E-state index is 12.9. The van der Waals surface area contributed by atoms with Crippen molar-refractivity contribution in [1.29, 1.82) is 0 Å². The normalized spacial score (nSPS) is 15.7. The number of thiophene rings is 1. The van der Waals surface area contributed by atoms with Crippen molar-refractivity contribution in [1.82, 2.24) is 5.32 Å². The highest BCUT2D eigenvalue weighted by Crippen LogP contribution is 2.36. The van der Waals surface area contributed by atoms with Gasteiger partial charge in [0, 0.05) is 23.2 Å². The van der Waals surface area contributed by atoms with Gasteiger partial charge in [0.05, 0.1) is 12.6 Å². The summed E-state index contributed by atoms with van der Waals surface area (Å²) >= 11 is 1.14. The molecular formula is C22H22N2O4S2. The van der Waals surface area contributed by atoms with E-state index in [1.807, 2.05) is 19.9 Å². The number of ether oxygens (including phenoxy) is 1. The number of aryl methyl sites for hydroxylation is 2. The minimum absolute atomic E-state index is 0.161. The Labute approximate surface area is 180 Å². The fourth-order valence-corrected chi connectivity index (χ4v) is 5.66. The average Bonchev–Trinajstić information content (AvgIpc) is 3.24. The van der Waals surface area contributed by atoms with Crippen molar-refractivity contribution in [2.75, 3.05) is 11.3 Å². The van der Waals surface area contributed by atoms with E-state index in [-0.39, 0.29) is 16.2 Å². The number of carbonyl (C=O) groups is 1. The Morgan fingerprint density at radius 2 is 1.97 bits per heavy atom. The third-order valence-corrected chi connectivity index (χ3v) is 7.70. The molecular weight excluding hydrogens is 420 g/mol. The Balaban J connectivity index is 1.54. The lowest BCUT2D eigenvalue weighted by Gasteiger charge is -2.28. The second-order valence-electron chi connectivity index (χ2n) is 7.28. The van der Waals surface area contributed by atoms with Crippen LogP contribution in [-0.4, -0.2) is 20.9 Å². The van der Waals surface area contributed by atoms with Crippen molar-refractivity contribution in [2.45, 2.75) is 30.5 Å². The van der Waals surface area contributed by atoms with Gasteiger partial charge < -0.3 is 10.1 Å². The number of hydrogen-bond donors (Lipinski definition) is 2. The molecule has 0 bridgehead atoms. The lowest BCUT2D eigenvalue weighted by molar-refractivity contribution is 0.0924. The number of nitrogens with one attached hydrogen (secondary N) is 2. The molecule has 0 spiro atoms. The average molecular weight is 443 g/mol. The van der Waals surface area contributed by atoms with Crippen molar-refractivity contribution in [3.8, 4) is 5.75 Å².